The van der Waals surface area contributed by atoms with Crippen molar-refractivity contribution in [3.05, 3.63) is 30.1 Å². The molecule has 106 valence electrons. The molecule has 0 aliphatic carbocycles. The van der Waals surface area contributed by atoms with E-state index < -0.39 is 23.3 Å². The quantitative estimate of drug-likeness (QED) is 0.795. The summed E-state index contributed by atoms with van der Waals surface area (Å²) < 4.78 is 0. The Balaban J connectivity index is 2.24. The summed E-state index contributed by atoms with van der Waals surface area (Å²) in [5.74, 6) is -1.46. The predicted molar refractivity (Wildman–Crippen MR) is 74.4 cm³/mol. The number of carboxylic acids is 1. The number of benzene rings is 1. The van der Waals surface area contributed by atoms with E-state index in [1.165, 1.54) is 0 Å². The van der Waals surface area contributed by atoms with E-state index in [-0.39, 0.29) is 0 Å². The van der Waals surface area contributed by atoms with E-state index in [0.717, 1.165) is 11.0 Å². The Morgan fingerprint density at radius 1 is 1.35 bits per heavy atom. The van der Waals surface area contributed by atoms with Gasteiger partial charge in [0.25, 0.3) is 5.91 Å². The van der Waals surface area contributed by atoms with E-state index in [0.29, 0.717) is 5.56 Å². The molecule has 0 spiro atoms. The first-order valence-electron chi connectivity index (χ1n) is 6.26. The minimum absolute atomic E-state index is 0.400. The van der Waals surface area contributed by atoms with Crippen LogP contribution in [0.15, 0.2) is 24.5 Å². The van der Waals surface area contributed by atoms with E-state index in [1.54, 1.807) is 45.3 Å². The smallest absolute Gasteiger partial charge is 0.326 e. The lowest BCUT2D eigenvalue weighted by molar-refractivity contribution is -0.142. The zero-order chi connectivity index (χ0) is 14.9. The first kappa shape index (κ1) is 14.0. The number of carbonyl (C=O) groups is 2. The molecule has 1 amide bonds. The molecule has 1 aromatic carbocycles. The number of imidazole rings is 1. The SMILES string of the molecule is CC(C)(C)[C@@H](NC(=O)c1ccc2nc[nH]c2c1)C(=O)O. The van der Waals surface area contributed by atoms with Crippen molar-refractivity contribution in [1.82, 2.24) is 15.3 Å². The van der Waals surface area contributed by atoms with E-state index in [4.69, 9.17) is 0 Å². The van der Waals surface area contributed by atoms with Gasteiger partial charge in [0, 0.05) is 5.56 Å². The largest absolute Gasteiger partial charge is 0.480 e. The molecule has 0 saturated carbocycles. The summed E-state index contributed by atoms with van der Waals surface area (Å²) in [6, 6.07) is 4.04. The predicted octanol–water partition coefficient (Wildman–Crippen LogP) is 1.79. The van der Waals surface area contributed by atoms with Crippen LogP contribution in [-0.2, 0) is 4.79 Å². The van der Waals surface area contributed by atoms with Gasteiger partial charge in [-0.15, -0.1) is 0 Å². The topological polar surface area (TPSA) is 95.1 Å². The second-order valence-electron chi connectivity index (χ2n) is 5.75. The molecule has 3 N–H and O–H groups in total. The van der Waals surface area contributed by atoms with E-state index in [9.17, 15) is 14.7 Å². The van der Waals surface area contributed by atoms with Crippen molar-refractivity contribution < 1.29 is 14.7 Å². The second kappa shape index (κ2) is 4.96. The minimum Gasteiger partial charge on any atom is -0.480 e. The van der Waals surface area contributed by atoms with Gasteiger partial charge in [-0.25, -0.2) is 9.78 Å². The molecular weight excluding hydrogens is 258 g/mol. The molecule has 0 aliphatic rings. The van der Waals surface area contributed by atoms with Crippen LogP contribution in [0.4, 0.5) is 0 Å². The Morgan fingerprint density at radius 3 is 2.65 bits per heavy atom. The average Bonchev–Trinajstić information content (AvgIpc) is 2.80. The number of aromatic amines is 1. The summed E-state index contributed by atoms with van der Waals surface area (Å²) in [4.78, 5) is 30.4. The summed E-state index contributed by atoms with van der Waals surface area (Å²) in [7, 11) is 0. The number of carbonyl (C=O) groups excluding carboxylic acids is 1. The number of carboxylic acid groups (broad SMARTS) is 1. The first-order valence-corrected chi connectivity index (χ1v) is 6.26. The highest BCUT2D eigenvalue weighted by Crippen LogP contribution is 2.20. The van der Waals surface area contributed by atoms with Gasteiger partial charge in [-0.05, 0) is 23.6 Å². The van der Waals surface area contributed by atoms with Crippen LogP contribution < -0.4 is 5.32 Å². The summed E-state index contributed by atoms with van der Waals surface area (Å²) in [5, 5.41) is 11.8. The molecule has 0 fully saturated rings. The van der Waals surface area contributed by atoms with Gasteiger partial charge in [0.15, 0.2) is 0 Å². The number of nitrogens with zero attached hydrogens (tertiary/aromatic N) is 1. The monoisotopic (exact) mass is 275 g/mol. The molecule has 0 saturated heterocycles. The normalized spacial score (nSPS) is 13.2. The molecule has 0 unspecified atom stereocenters. The third kappa shape index (κ3) is 2.79. The van der Waals surface area contributed by atoms with Gasteiger partial charge in [0.05, 0.1) is 17.4 Å². The lowest BCUT2D eigenvalue weighted by Gasteiger charge is -2.27. The molecule has 2 rings (SSSR count). The fourth-order valence-electron chi connectivity index (χ4n) is 1.94. The summed E-state index contributed by atoms with van der Waals surface area (Å²) in [6.45, 7) is 5.30. The van der Waals surface area contributed by atoms with Crippen molar-refractivity contribution in [1.29, 1.82) is 0 Å². The number of rotatable bonds is 3. The van der Waals surface area contributed by atoms with E-state index in [2.05, 4.69) is 15.3 Å². The number of hydrogen-bond acceptors (Lipinski definition) is 3. The van der Waals surface area contributed by atoms with Crippen molar-refractivity contribution in [3.8, 4) is 0 Å². The number of amides is 1. The Morgan fingerprint density at radius 2 is 2.05 bits per heavy atom. The van der Waals surface area contributed by atoms with Crippen molar-refractivity contribution in [2.75, 3.05) is 0 Å². The molecule has 6 heteroatoms. The summed E-state index contributed by atoms with van der Waals surface area (Å²) >= 11 is 0. The summed E-state index contributed by atoms with van der Waals surface area (Å²) in [6.07, 6.45) is 1.54. The molecule has 20 heavy (non-hydrogen) atoms. The molecule has 0 radical (unpaired) electrons. The molecule has 1 atom stereocenters. The highest BCUT2D eigenvalue weighted by molar-refractivity contribution is 5.99. The maximum atomic E-state index is 12.2. The number of fused-ring (bicyclic) bond motifs is 1. The number of aliphatic carboxylic acids is 1. The Kier molecular flexibility index (Phi) is 3.48. The third-order valence-electron chi connectivity index (χ3n) is 3.07. The second-order valence-corrected chi connectivity index (χ2v) is 5.75. The number of aromatic nitrogens is 2. The molecule has 1 heterocycles. The number of hydrogen-bond donors (Lipinski definition) is 3. The van der Waals surface area contributed by atoms with Crippen LogP contribution in [0.5, 0.6) is 0 Å². The number of H-pyrrole nitrogens is 1. The van der Waals surface area contributed by atoms with Crippen molar-refractivity contribution in [2.45, 2.75) is 26.8 Å². The molecule has 0 aliphatic heterocycles. The Labute approximate surface area is 116 Å². The van der Waals surface area contributed by atoms with Crippen LogP contribution in [0.1, 0.15) is 31.1 Å². The van der Waals surface area contributed by atoms with Crippen LogP contribution in [0.25, 0.3) is 11.0 Å². The lowest BCUT2D eigenvalue weighted by Crippen LogP contribution is -2.49. The van der Waals surface area contributed by atoms with Crippen LogP contribution >= 0.6 is 0 Å². The standard InChI is InChI=1S/C14H17N3O3/c1-14(2,3)11(13(19)20)17-12(18)8-4-5-9-10(6-8)16-7-15-9/h4-7,11H,1-3H3,(H,15,16)(H,17,18)(H,19,20)/t11-/m0/s1. The maximum absolute atomic E-state index is 12.2. The summed E-state index contributed by atoms with van der Waals surface area (Å²) in [5.41, 5.74) is 1.32. The molecule has 2 aromatic rings. The first-order chi connectivity index (χ1) is 9.29. The van der Waals surface area contributed by atoms with Gasteiger partial charge in [0.2, 0.25) is 0 Å². The highest BCUT2D eigenvalue weighted by atomic mass is 16.4. The third-order valence-corrected chi connectivity index (χ3v) is 3.07. The van der Waals surface area contributed by atoms with Crippen LogP contribution in [0.2, 0.25) is 0 Å². The molecular formula is C14H17N3O3. The highest BCUT2D eigenvalue weighted by Gasteiger charge is 2.32. The lowest BCUT2D eigenvalue weighted by atomic mass is 9.86. The fourth-order valence-corrected chi connectivity index (χ4v) is 1.94. The number of nitrogens with one attached hydrogen (secondary N) is 2. The van der Waals surface area contributed by atoms with E-state index >= 15 is 0 Å². The zero-order valence-electron chi connectivity index (χ0n) is 11.6. The van der Waals surface area contributed by atoms with Gasteiger partial charge in [-0.1, -0.05) is 20.8 Å². The maximum Gasteiger partial charge on any atom is 0.326 e. The Bertz CT molecular complexity index is 655. The van der Waals surface area contributed by atoms with Gasteiger partial charge in [-0.3, -0.25) is 4.79 Å². The van der Waals surface area contributed by atoms with Crippen LogP contribution in [0, 0.1) is 5.41 Å². The molecule has 1 aromatic heterocycles. The van der Waals surface area contributed by atoms with E-state index in [1.807, 2.05) is 0 Å². The van der Waals surface area contributed by atoms with Crippen molar-refractivity contribution in [3.63, 3.8) is 0 Å². The van der Waals surface area contributed by atoms with Crippen molar-refractivity contribution >= 4 is 22.9 Å². The van der Waals surface area contributed by atoms with Gasteiger partial charge in [0.1, 0.15) is 6.04 Å². The van der Waals surface area contributed by atoms with Crippen LogP contribution in [0.3, 0.4) is 0 Å². The zero-order valence-corrected chi connectivity index (χ0v) is 11.6. The van der Waals surface area contributed by atoms with Gasteiger partial charge < -0.3 is 15.4 Å². The fraction of sp³-hybridized carbons (Fsp3) is 0.357. The van der Waals surface area contributed by atoms with Crippen molar-refractivity contribution in [2.24, 2.45) is 5.41 Å². The Hall–Kier alpha value is -2.37. The molecule has 0 bridgehead atoms. The molecule has 6 nitrogen and oxygen atoms in total. The van der Waals surface area contributed by atoms with Crippen LogP contribution in [-0.4, -0.2) is 33.0 Å². The van der Waals surface area contributed by atoms with Gasteiger partial charge >= 0.3 is 5.97 Å². The van der Waals surface area contributed by atoms with Gasteiger partial charge in [-0.2, -0.15) is 0 Å². The average molecular weight is 275 g/mol. The minimum atomic E-state index is -1.05.